The number of alkyl halides is 2. The normalized spacial score (nSPS) is 29.2. The molecule has 1 rings (SSSR count). The first-order chi connectivity index (χ1) is 6.11. The van der Waals surface area contributed by atoms with E-state index in [-0.39, 0.29) is 13.0 Å². The SMILES string of the molecule is O=C(O)C1COCCC1CC(F)F. The van der Waals surface area contributed by atoms with Gasteiger partial charge in [0.1, 0.15) is 0 Å². The van der Waals surface area contributed by atoms with Crippen LogP contribution in [-0.4, -0.2) is 30.7 Å². The van der Waals surface area contributed by atoms with E-state index in [1.54, 1.807) is 0 Å². The van der Waals surface area contributed by atoms with Gasteiger partial charge in [0.05, 0.1) is 12.5 Å². The highest BCUT2D eigenvalue weighted by Crippen LogP contribution is 2.27. The van der Waals surface area contributed by atoms with Gasteiger partial charge < -0.3 is 9.84 Å². The third-order valence-electron chi connectivity index (χ3n) is 2.30. The molecular formula is C8H12F2O3. The predicted octanol–water partition coefficient (Wildman–Crippen LogP) is 1.38. The van der Waals surface area contributed by atoms with Crippen LogP contribution < -0.4 is 0 Å². The first-order valence-electron chi connectivity index (χ1n) is 4.20. The van der Waals surface area contributed by atoms with Crippen molar-refractivity contribution < 1.29 is 23.4 Å². The van der Waals surface area contributed by atoms with Crippen molar-refractivity contribution in [2.45, 2.75) is 19.3 Å². The van der Waals surface area contributed by atoms with Gasteiger partial charge in [-0.1, -0.05) is 0 Å². The minimum Gasteiger partial charge on any atom is -0.481 e. The summed E-state index contributed by atoms with van der Waals surface area (Å²) in [6.45, 7) is 0.452. The van der Waals surface area contributed by atoms with Crippen LogP contribution >= 0.6 is 0 Å². The number of halogens is 2. The summed E-state index contributed by atoms with van der Waals surface area (Å²) in [7, 11) is 0. The largest absolute Gasteiger partial charge is 0.481 e. The molecule has 1 heterocycles. The van der Waals surface area contributed by atoms with Crippen molar-refractivity contribution in [3.05, 3.63) is 0 Å². The van der Waals surface area contributed by atoms with Gasteiger partial charge in [-0.25, -0.2) is 8.78 Å². The molecule has 2 unspecified atom stereocenters. The van der Waals surface area contributed by atoms with Crippen molar-refractivity contribution in [2.24, 2.45) is 11.8 Å². The summed E-state index contributed by atoms with van der Waals surface area (Å²) in [6.07, 6.45) is -2.34. The Morgan fingerprint density at radius 2 is 2.31 bits per heavy atom. The van der Waals surface area contributed by atoms with Crippen molar-refractivity contribution >= 4 is 5.97 Å². The Bertz CT molecular complexity index is 184. The molecule has 1 aliphatic heterocycles. The van der Waals surface area contributed by atoms with Gasteiger partial charge in [-0.3, -0.25) is 4.79 Å². The Hall–Kier alpha value is -0.710. The maximum Gasteiger partial charge on any atom is 0.309 e. The van der Waals surface area contributed by atoms with Crippen LogP contribution in [0, 0.1) is 11.8 Å². The van der Waals surface area contributed by atoms with E-state index in [0.29, 0.717) is 13.0 Å². The van der Waals surface area contributed by atoms with Crippen molar-refractivity contribution in [1.29, 1.82) is 0 Å². The van der Waals surface area contributed by atoms with Gasteiger partial charge in [-0.15, -0.1) is 0 Å². The molecule has 0 amide bonds. The monoisotopic (exact) mass is 194 g/mol. The van der Waals surface area contributed by atoms with E-state index in [4.69, 9.17) is 9.84 Å². The molecular weight excluding hydrogens is 182 g/mol. The molecule has 1 saturated heterocycles. The summed E-state index contributed by atoms with van der Waals surface area (Å²) >= 11 is 0. The predicted molar refractivity (Wildman–Crippen MR) is 40.7 cm³/mol. The van der Waals surface area contributed by atoms with Gasteiger partial charge in [0.25, 0.3) is 0 Å². The van der Waals surface area contributed by atoms with Crippen LogP contribution in [0.3, 0.4) is 0 Å². The average Bonchev–Trinajstić information content (AvgIpc) is 2.03. The molecule has 76 valence electrons. The third kappa shape index (κ3) is 2.91. The molecule has 0 aromatic rings. The Labute approximate surface area is 74.7 Å². The van der Waals surface area contributed by atoms with Crippen molar-refractivity contribution in [1.82, 2.24) is 0 Å². The van der Waals surface area contributed by atoms with Gasteiger partial charge in [-0.2, -0.15) is 0 Å². The maximum absolute atomic E-state index is 12.0. The van der Waals surface area contributed by atoms with Crippen LogP contribution in [0.1, 0.15) is 12.8 Å². The molecule has 2 atom stereocenters. The molecule has 0 aliphatic carbocycles. The summed E-state index contributed by atoms with van der Waals surface area (Å²) in [6, 6.07) is 0. The molecule has 0 aromatic heterocycles. The number of ether oxygens (including phenoxy) is 1. The molecule has 1 aliphatic rings. The summed E-state index contributed by atoms with van der Waals surface area (Å²) in [5, 5.41) is 8.70. The standard InChI is InChI=1S/C8H12F2O3/c9-7(10)3-5-1-2-13-4-6(5)8(11)12/h5-7H,1-4H2,(H,11,12). The van der Waals surface area contributed by atoms with E-state index in [9.17, 15) is 13.6 Å². The number of aliphatic carboxylic acids is 1. The minimum absolute atomic E-state index is 0.0622. The lowest BCUT2D eigenvalue weighted by Gasteiger charge is -2.28. The highest BCUT2D eigenvalue weighted by Gasteiger charge is 2.33. The molecule has 5 heteroatoms. The van der Waals surface area contributed by atoms with E-state index in [1.807, 2.05) is 0 Å². The zero-order valence-electron chi connectivity index (χ0n) is 7.08. The highest BCUT2D eigenvalue weighted by molar-refractivity contribution is 5.70. The zero-order valence-corrected chi connectivity index (χ0v) is 7.08. The molecule has 0 saturated carbocycles. The molecule has 1 fully saturated rings. The molecule has 13 heavy (non-hydrogen) atoms. The van der Waals surface area contributed by atoms with Crippen LogP contribution in [0.25, 0.3) is 0 Å². The van der Waals surface area contributed by atoms with Gasteiger partial charge >= 0.3 is 5.97 Å². The fourth-order valence-corrected chi connectivity index (χ4v) is 1.57. The van der Waals surface area contributed by atoms with Crippen molar-refractivity contribution in [3.63, 3.8) is 0 Å². The topological polar surface area (TPSA) is 46.5 Å². The molecule has 0 aromatic carbocycles. The van der Waals surface area contributed by atoms with E-state index in [0.717, 1.165) is 0 Å². The Morgan fingerprint density at radius 1 is 1.62 bits per heavy atom. The van der Waals surface area contributed by atoms with E-state index >= 15 is 0 Å². The van der Waals surface area contributed by atoms with Crippen LogP contribution in [0.5, 0.6) is 0 Å². The van der Waals surface area contributed by atoms with Gasteiger partial charge in [0.15, 0.2) is 0 Å². The quantitative estimate of drug-likeness (QED) is 0.738. The number of hydrogen-bond acceptors (Lipinski definition) is 2. The third-order valence-corrected chi connectivity index (χ3v) is 2.30. The number of carbonyl (C=O) groups is 1. The molecule has 0 spiro atoms. The highest BCUT2D eigenvalue weighted by atomic mass is 19.3. The minimum atomic E-state index is -2.43. The summed E-state index contributed by atoms with van der Waals surface area (Å²) in [4.78, 5) is 10.6. The second-order valence-electron chi connectivity index (χ2n) is 3.20. The molecule has 3 nitrogen and oxygen atoms in total. The fourth-order valence-electron chi connectivity index (χ4n) is 1.57. The van der Waals surface area contributed by atoms with E-state index in [1.165, 1.54) is 0 Å². The van der Waals surface area contributed by atoms with Gasteiger partial charge in [-0.05, 0) is 12.3 Å². The second kappa shape index (κ2) is 4.50. The summed E-state index contributed by atoms with van der Waals surface area (Å²) in [5.41, 5.74) is 0. The maximum atomic E-state index is 12.0. The molecule has 1 N–H and O–H groups in total. The second-order valence-corrected chi connectivity index (χ2v) is 3.20. The number of carboxylic acid groups (broad SMARTS) is 1. The van der Waals surface area contributed by atoms with Crippen LogP contribution in [-0.2, 0) is 9.53 Å². The Kier molecular flexibility index (Phi) is 3.59. The van der Waals surface area contributed by atoms with Crippen molar-refractivity contribution in [2.75, 3.05) is 13.2 Å². The van der Waals surface area contributed by atoms with Crippen LogP contribution in [0.15, 0.2) is 0 Å². The summed E-state index contributed by atoms with van der Waals surface area (Å²) in [5.74, 6) is -2.24. The lowest BCUT2D eigenvalue weighted by atomic mass is 9.86. The number of hydrogen-bond donors (Lipinski definition) is 1. The number of carboxylic acids is 1. The first kappa shape index (κ1) is 10.4. The van der Waals surface area contributed by atoms with E-state index in [2.05, 4.69) is 0 Å². The molecule has 0 radical (unpaired) electrons. The van der Waals surface area contributed by atoms with Gasteiger partial charge in [0.2, 0.25) is 6.43 Å². The lowest BCUT2D eigenvalue weighted by molar-refractivity contribution is -0.150. The van der Waals surface area contributed by atoms with Crippen LogP contribution in [0.2, 0.25) is 0 Å². The first-order valence-corrected chi connectivity index (χ1v) is 4.20. The number of rotatable bonds is 3. The molecule has 0 bridgehead atoms. The Morgan fingerprint density at radius 3 is 2.85 bits per heavy atom. The van der Waals surface area contributed by atoms with E-state index < -0.39 is 24.2 Å². The fraction of sp³-hybridized carbons (Fsp3) is 0.875. The van der Waals surface area contributed by atoms with Crippen LogP contribution in [0.4, 0.5) is 8.78 Å². The zero-order chi connectivity index (χ0) is 9.84. The average molecular weight is 194 g/mol. The lowest BCUT2D eigenvalue weighted by Crippen LogP contribution is -2.34. The smallest absolute Gasteiger partial charge is 0.309 e. The van der Waals surface area contributed by atoms with Crippen molar-refractivity contribution in [3.8, 4) is 0 Å². The summed E-state index contributed by atoms with van der Waals surface area (Å²) < 4.78 is 29.0. The Balaban J connectivity index is 2.51. The van der Waals surface area contributed by atoms with Gasteiger partial charge in [0, 0.05) is 13.0 Å².